The number of aliphatic hydroxyl groups excluding tert-OH is 1. The van der Waals surface area contributed by atoms with Gasteiger partial charge in [0, 0.05) is 18.7 Å². The molecule has 80 valence electrons. The van der Waals surface area contributed by atoms with Crippen LogP contribution in [0.2, 0.25) is 0 Å². The number of benzene rings is 1. The fraction of sp³-hybridized carbons (Fsp3) is 0.364. The molecule has 0 saturated carbocycles. The van der Waals surface area contributed by atoms with Gasteiger partial charge in [-0.25, -0.2) is 4.39 Å². The van der Waals surface area contributed by atoms with E-state index < -0.39 is 0 Å². The van der Waals surface area contributed by atoms with Gasteiger partial charge in [-0.15, -0.1) is 0 Å². The SMILES string of the molecule is O=C1CC(CO)Cc2cc(F)ccc2N1. The van der Waals surface area contributed by atoms with Gasteiger partial charge in [-0.1, -0.05) is 0 Å². The molecule has 1 heterocycles. The predicted molar refractivity (Wildman–Crippen MR) is 53.9 cm³/mol. The molecule has 0 bridgehead atoms. The zero-order valence-corrected chi connectivity index (χ0v) is 8.16. The molecule has 4 heteroatoms. The second-order valence-electron chi connectivity index (χ2n) is 3.81. The predicted octanol–water partition coefficient (Wildman–Crippen LogP) is 1.32. The lowest BCUT2D eigenvalue weighted by molar-refractivity contribution is -0.117. The van der Waals surface area contributed by atoms with Crippen molar-refractivity contribution < 1.29 is 14.3 Å². The van der Waals surface area contributed by atoms with Gasteiger partial charge in [-0.3, -0.25) is 4.79 Å². The van der Waals surface area contributed by atoms with Gasteiger partial charge in [-0.2, -0.15) is 0 Å². The Kier molecular flexibility index (Phi) is 2.68. The first-order valence-electron chi connectivity index (χ1n) is 4.88. The van der Waals surface area contributed by atoms with E-state index in [2.05, 4.69) is 5.32 Å². The Bertz CT molecular complexity index is 392. The maximum Gasteiger partial charge on any atom is 0.224 e. The number of rotatable bonds is 1. The second kappa shape index (κ2) is 3.98. The second-order valence-corrected chi connectivity index (χ2v) is 3.81. The quantitative estimate of drug-likeness (QED) is 0.732. The Hall–Kier alpha value is -1.42. The standard InChI is InChI=1S/C11H12FNO2/c12-9-1-2-10-8(5-9)3-7(6-14)4-11(15)13-10/h1-2,5,7,14H,3-4,6H2,(H,13,15). The highest BCUT2D eigenvalue weighted by atomic mass is 19.1. The van der Waals surface area contributed by atoms with Gasteiger partial charge in [0.05, 0.1) is 0 Å². The number of fused-ring (bicyclic) bond motifs is 1. The minimum atomic E-state index is -0.318. The van der Waals surface area contributed by atoms with Gasteiger partial charge in [0.1, 0.15) is 5.82 Å². The molecule has 0 aliphatic carbocycles. The molecule has 1 aliphatic rings. The maximum atomic E-state index is 13.0. The van der Waals surface area contributed by atoms with Gasteiger partial charge in [0.25, 0.3) is 0 Å². The van der Waals surface area contributed by atoms with Crippen LogP contribution >= 0.6 is 0 Å². The normalized spacial score (nSPS) is 20.4. The van der Waals surface area contributed by atoms with E-state index in [0.717, 1.165) is 5.56 Å². The molecule has 0 radical (unpaired) electrons. The van der Waals surface area contributed by atoms with E-state index in [1.165, 1.54) is 12.1 Å². The Balaban J connectivity index is 2.36. The largest absolute Gasteiger partial charge is 0.396 e. The first-order valence-corrected chi connectivity index (χ1v) is 4.88. The van der Waals surface area contributed by atoms with E-state index in [1.54, 1.807) is 6.07 Å². The van der Waals surface area contributed by atoms with Crippen molar-refractivity contribution in [2.24, 2.45) is 5.92 Å². The smallest absolute Gasteiger partial charge is 0.224 e. The first kappa shape index (κ1) is 10.1. The Morgan fingerprint density at radius 1 is 1.47 bits per heavy atom. The first-order chi connectivity index (χ1) is 7.19. The van der Waals surface area contributed by atoms with Gasteiger partial charge in [0.2, 0.25) is 5.91 Å². The summed E-state index contributed by atoms with van der Waals surface area (Å²) in [5.74, 6) is -0.561. The Morgan fingerprint density at radius 2 is 2.27 bits per heavy atom. The summed E-state index contributed by atoms with van der Waals surface area (Å²) < 4.78 is 13.0. The topological polar surface area (TPSA) is 49.3 Å². The summed E-state index contributed by atoms with van der Waals surface area (Å²) in [6, 6.07) is 4.28. The van der Waals surface area contributed by atoms with Crippen LogP contribution in [0, 0.1) is 11.7 Å². The number of hydrogen-bond donors (Lipinski definition) is 2. The lowest BCUT2D eigenvalue weighted by Gasteiger charge is -2.09. The molecule has 1 aromatic rings. The molecule has 0 spiro atoms. The summed E-state index contributed by atoms with van der Waals surface area (Å²) in [4.78, 5) is 11.4. The van der Waals surface area contributed by atoms with Crippen LogP contribution in [0.25, 0.3) is 0 Å². The molecule has 2 rings (SSSR count). The molecule has 3 nitrogen and oxygen atoms in total. The lowest BCUT2D eigenvalue weighted by Crippen LogP contribution is -2.15. The summed E-state index contributed by atoms with van der Waals surface area (Å²) in [5.41, 5.74) is 1.40. The molecular formula is C11H12FNO2. The van der Waals surface area contributed by atoms with Gasteiger partial charge in [-0.05, 0) is 36.1 Å². The third-order valence-electron chi connectivity index (χ3n) is 2.58. The van der Waals surface area contributed by atoms with Crippen molar-refractivity contribution in [2.75, 3.05) is 11.9 Å². The summed E-state index contributed by atoms with van der Waals surface area (Å²) in [6.45, 7) is -0.0522. The molecule has 1 unspecified atom stereocenters. The fourth-order valence-corrected chi connectivity index (χ4v) is 1.83. The summed E-state index contributed by atoms with van der Waals surface area (Å²) in [6.07, 6.45) is 0.815. The van der Waals surface area contributed by atoms with E-state index in [9.17, 15) is 9.18 Å². The zero-order valence-electron chi connectivity index (χ0n) is 8.16. The molecule has 1 amide bonds. The lowest BCUT2D eigenvalue weighted by atomic mass is 9.97. The van der Waals surface area contributed by atoms with Crippen LogP contribution in [-0.2, 0) is 11.2 Å². The number of carbonyl (C=O) groups is 1. The molecule has 15 heavy (non-hydrogen) atoms. The van der Waals surface area contributed by atoms with Gasteiger partial charge >= 0.3 is 0 Å². The molecular weight excluding hydrogens is 197 g/mol. The van der Waals surface area contributed by atoms with Crippen LogP contribution in [-0.4, -0.2) is 17.6 Å². The third kappa shape index (κ3) is 2.15. The molecule has 0 aromatic heterocycles. The fourth-order valence-electron chi connectivity index (χ4n) is 1.83. The van der Waals surface area contributed by atoms with Crippen molar-refractivity contribution in [3.63, 3.8) is 0 Å². The van der Waals surface area contributed by atoms with E-state index in [1.807, 2.05) is 0 Å². The highest BCUT2D eigenvalue weighted by Gasteiger charge is 2.20. The minimum absolute atomic E-state index is 0.0522. The third-order valence-corrected chi connectivity index (χ3v) is 2.58. The molecule has 0 fully saturated rings. The number of hydrogen-bond acceptors (Lipinski definition) is 2. The van der Waals surface area contributed by atoms with Crippen molar-refractivity contribution in [3.05, 3.63) is 29.6 Å². The Labute approximate surface area is 86.9 Å². The number of amides is 1. The monoisotopic (exact) mass is 209 g/mol. The molecule has 1 aliphatic heterocycles. The molecule has 2 N–H and O–H groups in total. The van der Waals surface area contributed by atoms with Crippen LogP contribution in [0.1, 0.15) is 12.0 Å². The maximum absolute atomic E-state index is 13.0. The average Bonchev–Trinajstić information content (AvgIpc) is 2.35. The van der Waals surface area contributed by atoms with Crippen LogP contribution in [0.5, 0.6) is 0 Å². The zero-order chi connectivity index (χ0) is 10.8. The number of anilines is 1. The number of halogens is 1. The Morgan fingerprint density at radius 3 is 3.00 bits per heavy atom. The molecule has 0 saturated heterocycles. The minimum Gasteiger partial charge on any atom is -0.396 e. The van der Waals surface area contributed by atoms with Crippen LogP contribution in [0.15, 0.2) is 18.2 Å². The highest BCUT2D eigenvalue weighted by Crippen LogP contribution is 2.25. The van der Waals surface area contributed by atoms with Crippen molar-refractivity contribution in [1.29, 1.82) is 0 Å². The highest BCUT2D eigenvalue weighted by molar-refractivity contribution is 5.92. The number of aliphatic hydroxyl groups is 1. The molecule has 1 aromatic carbocycles. The van der Waals surface area contributed by atoms with Crippen molar-refractivity contribution >= 4 is 11.6 Å². The summed E-state index contributed by atoms with van der Waals surface area (Å²) >= 11 is 0. The van der Waals surface area contributed by atoms with Gasteiger partial charge < -0.3 is 10.4 Å². The van der Waals surface area contributed by atoms with Crippen LogP contribution in [0.4, 0.5) is 10.1 Å². The van der Waals surface area contributed by atoms with Crippen LogP contribution < -0.4 is 5.32 Å². The van der Waals surface area contributed by atoms with Crippen molar-refractivity contribution in [1.82, 2.24) is 0 Å². The van der Waals surface area contributed by atoms with E-state index >= 15 is 0 Å². The van der Waals surface area contributed by atoms with E-state index in [4.69, 9.17) is 5.11 Å². The van der Waals surface area contributed by atoms with Crippen molar-refractivity contribution in [3.8, 4) is 0 Å². The number of carbonyl (C=O) groups excluding carboxylic acids is 1. The number of nitrogens with one attached hydrogen (secondary N) is 1. The summed E-state index contributed by atoms with van der Waals surface area (Å²) in [7, 11) is 0. The van der Waals surface area contributed by atoms with Crippen molar-refractivity contribution in [2.45, 2.75) is 12.8 Å². The van der Waals surface area contributed by atoms with Crippen LogP contribution in [0.3, 0.4) is 0 Å². The van der Waals surface area contributed by atoms with Gasteiger partial charge in [0.15, 0.2) is 0 Å². The van der Waals surface area contributed by atoms with E-state index in [-0.39, 0.29) is 30.7 Å². The molecule has 1 atom stereocenters. The summed E-state index contributed by atoms with van der Waals surface area (Å²) in [5, 5.41) is 11.8. The average molecular weight is 209 g/mol. The van der Waals surface area contributed by atoms with E-state index in [0.29, 0.717) is 12.1 Å².